The lowest BCUT2D eigenvalue weighted by Gasteiger charge is -2.16. The summed E-state index contributed by atoms with van der Waals surface area (Å²) in [6.07, 6.45) is 3.22. The van der Waals surface area contributed by atoms with Gasteiger partial charge in [0.2, 0.25) is 0 Å². The molecule has 0 bridgehead atoms. The first-order chi connectivity index (χ1) is 9.65. The Bertz CT molecular complexity index is 577. The van der Waals surface area contributed by atoms with Crippen LogP contribution in [0.3, 0.4) is 0 Å². The summed E-state index contributed by atoms with van der Waals surface area (Å²) in [5, 5.41) is 0. The number of benzene rings is 1. The molecule has 1 aromatic carbocycles. The first-order valence-corrected chi connectivity index (χ1v) is 5.90. The van der Waals surface area contributed by atoms with Gasteiger partial charge in [0.15, 0.2) is 11.6 Å². The number of halogens is 2. The predicted molar refractivity (Wildman–Crippen MR) is 68.7 cm³/mol. The summed E-state index contributed by atoms with van der Waals surface area (Å²) in [6, 6.07) is 3.82. The molecule has 1 unspecified atom stereocenters. The van der Waals surface area contributed by atoms with E-state index in [1.165, 1.54) is 31.6 Å². The molecule has 2 aromatic rings. The largest absolute Gasteiger partial charge is 0.467 e. The Morgan fingerprint density at radius 2 is 2.00 bits per heavy atom. The van der Waals surface area contributed by atoms with Crippen molar-refractivity contribution in [1.82, 2.24) is 15.4 Å². The summed E-state index contributed by atoms with van der Waals surface area (Å²) in [5.41, 5.74) is 3.42. The van der Waals surface area contributed by atoms with E-state index in [2.05, 4.69) is 15.4 Å². The van der Waals surface area contributed by atoms with Crippen LogP contribution in [-0.2, 0) is 6.42 Å². The van der Waals surface area contributed by atoms with Crippen molar-refractivity contribution in [1.29, 1.82) is 0 Å². The molecule has 0 aliphatic rings. The Morgan fingerprint density at radius 1 is 1.30 bits per heavy atom. The highest BCUT2D eigenvalue weighted by molar-refractivity contribution is 5.23. The van der Waals surface area contributed by atoms with Crippen molar-refractivity contribution in [2.45, 2.75) is 12.5 Å². The van der Waals surface area contributed by atoms with Gasteiger partial charge in [0.05, 0.1) is 13.2 Å². The maximum atomic E-state index is 13.6. The third-order valence-electron chi connectivity index (χ3n) is 2.89. The van der Waals surface area contributed by atoms with Crippen molar-refractivity contribution in [2.75, 3.05) is 7.11 Å². The van der Waals surface area contributed by atoms with E-state index in [9.17, 15) is 8.78 Å². The first-order valence-electron chi connectivity index (χ1n) is 5.90. The molecule has 106 valence electrons. The van der Waals surface area contributed by atoms with Crippen LogP contribution in [0.15, 0.2) is 30.6 Å². The van der Waals surface area contributed by atoms with Crippen LogP contribution < -0.4 is 16.0 Å². The van der Waals surface area contributed by atoms with E-state index in [0.717, 1.165) is 6.07 Å². The zero-order valence-electron chi connectivity index (χ0n) is 10.8. The van der Waals surface area contributed by atoms with Crippen molar-refractivity contribution in [3.8, 4) is 6.01 Å². The van der Waals surface area contributed by atoms with Gasteiger partial charge in [0.25, 0.3) is 0 Å². The summed E-state index contributed by atoms with van der Waals surface area (Å²) >= 11 is 0. The van der Waals surface area contributed by atoms with Crippen molar-refractivity contribution in [3.63, 3.8) is 0 Å². The molecule has 1 heterocycles. The molecule has 1 atom stereocenters. The number of methoxy groups -OCH3 is 1. The fraction of sp³-hybridized carbons (Fsp3) is 0.231. The number of hydrazine groups is 1. The number of nitrogens with two attached hydrogens (primary N) is 1. The van der Waals surface area contributed by atoms with Crippen molar-refractivity contribution in [3.05, 3.63) is 53.4 Å². The second-order valence-electron chi connectivity index (χ2n) is 4.14. The molecule has 0 aliphatic heterocycles. The predicted octanol–water partition coefficient (Wildman–Crippen LogP) is 1.51. The Balaban J connectivity index is 2.21. The molecule has 5 nitrogen and oxygen atoms in total. The number of rotatable bonds is 5. The number of nitrogens with zero attached hydrogens (tertiary/aromatic N) is 2. The molecule has 0 aliphatic carbocycles. The zero-order valence-corrected chi connectivity index (χ0v) is 10.8. The van der Waals surface area contributed by atoms with Gasteiger partial charge < -0.3 is 4.74 Å². The maximum Gasteiger partial charge on any atom is 0.316 e. The lowest BCUT2D eigenvalue weighted by atomic mass is 10.0. The van der Waals surface area contributed by atoms with E-state index in [1.807, 2.05) is 0 Å². The summed E-state index contributed by atoms with van der Waals surface area (Å²) in [7, 11) is 1.45. The molecule has 0 saturated heterocycles. The van der Waals surface area contributed by atoms with E-state index >= 15 is 0 Å². The monoisotopic (exact) mass is 280 g/mol. The minimum Gasteiger partial charge on any atom is -0.467 e. The van der Waals surface area contributed by atoms with Gasteiger partial charge in [-0.15, -0.1) is 0 Å². The van der Waals surface area contributed by atoms with Crippen molar-refractivity contribution < 1.29 is 13.5 Å². The fourth-order valence-electron chi connectivity index (χ4n) is 1.81. The van der Waals surface area contributed by atoms with Gasteiger partial charge in [-0.05, 0) is 18.1 Å². The normalized spacial score (nSPS) is 12.2. The Kier molecular flexibility index (Phi) is 4.54. The van der Waals surface area contributed by atoms with Crippen molar-refractivity contribution in [2.24, 2.45) is 5.84 Å². The van der Waals surface area contributed by atoms with E-state index in [1.54, 1.807) is 0 Å². The molecular weight excluding hydrogens is 266 g/mol. The van der Waals surface area contributed by atoms with E-state index < -0.39 is 17.7 Å². The summed E-state index contributed by atoms with van der Waals surface area (Å²) in [6.45, 7) is 0. The molecule has 0 amide bonds. The van der Waals surface area contributed by atoms with Gasteiger partial charge in [-0.3, -0.25) is 11.3 Å². The molecule has 0 saturated carbocycles. The second kappa shape index (κ2) is 6.36. The molecule has 0 radical (unpaired) electrons. The number of ether oxygens (including phenoxy) is 1. The lowest BCUT2D eigenvalue weighted by Crippen LogP contribution is -2.30. The van der Waals surface area contributed by atoms with Crippen LogP contribution in [-0.4, -0.2) is 17.1 Å². The maximum absolute atomic E-state index is 13.6. The minimum absolute atomic E-state index is 0.176. The first kappa shape index (κ1) is 14.3. The summed E-state index contributed by atoms with van der Waals surface area (Å²) < 4.78 is 31.7. The highest BCUT2D eigenvalue weighted by Gasteiger charge is 2.16. The zero-order chi connectivity index (χ0) is 14.5. The number of nitrogens with one attached hydrogen (secondary N) is 1. The van der Waals surface area contributed by atoms with E-state index in [4.69, 9.17) is 10.6 Å². The third kappa shape index (κ3) is 3.06. The number of aromatic nitrogens is 2. The average Bonchev–Trinajstić information content (AvgIpc) is 2.49. The molecule has 3 N–H and O–H groups in total. The van der Waals surface area contributed by atoms with Crippen LogP contribution in [0.5, 0.6) is 6.01 Å². The van der Waals surface area contributed by atoms with Crippen LogP contribution in [0.1, 0.15) is 17.2 Å². The number of hydrogen-bond acceptors (Lipinski definition) is 5. The molecule has 7 heteroatoms. The highest BCUT2D eigenvalue weighted by atomic mass is 19.2. The van der Waals surface area contributed by atoms with Gasteiger partial charge >= 0.3 is 6.01 Å². The van der Waals surface area contributed by atoms with Gasteiger partial charge in [0, 0.05) is 18.0 Å². The van der Waals surface area contributed by atoms with Gasteiger partial charge in [-0.2, -0.15) is 0 Å². The van der Waals surface area contributed by atoms with Crippen LogP contribution in [0.2, 0.25) is 0 Å². The van der Waals surface area contributed by atoms with Crippen LogP contribution in [0, 0.1) is 11.6 Å². The van der Waals surface area contributed by atoms with E-state index in [0.29, 0.717) is 5.56 Å². The minimum atomic E-state index is -0.885. The lowest BCUT2D eigenvalue weighted by molar-refractivity contribution is 0.378. The van der Waals surface area contributed by atoms with E-state index in [-0.39, 0.29) is 18.0 Å². The molecule has 20 heavy (non-hydrogen) atoms. The second-order valence-corrected chi connectivity index (χ2v) is 4.14. The Hall–Kier alpha value is -2.12. The fourth-order valence-corrected chi connectivity index (χ4v) is 1.81. The summed E-state index contributed by atoms with van der Waals surface area (Å²) in [4.78, 5) is 7.90. The third-order valence-corrected chi connectivity index (χ3v) is 2.89. The quantitative estimate of drug-likeness (QED) is 0.641. The highest BCUT2D eigenvalue weighted by Crippen LogP contribution is 2.20. The molecule has 1 aromatic heterocycles. The standard InChI is InChI=1S/C13H14F2N4O/c1-20-13-17-6-9(7-18-13)11(19-16)5-8-3-2-4-10(14)12(8)15/h2-4,6-7,11,19H,5,16H2,1H3. The molecular formula is C13H14F2N4O. The molecule has 0 fully saturated rings. The topological polar surface area (TPSA) is 73.1 Å². The van der Waals surface area contributed by atoms with Crippen molar-refractivity contribution >= 4 is 0 Å². The Morgan fingerprint density at radius 3 is 2.60 bits per heavy atom. The van der Waals surface area contributed by atoms with Crippen LogP contribution >= 0.6 is 0 Å². The van der Waals surface area contributed by atoms with Gasteiger partial charge in [-0.1, -0.05) is 12.1 Å². The Labute approximate surface area is 114 Å². The van der Waals surface area contributed by atoms with Gasteiger partial charge in [0.1, 0.15) is 0 Å². The summed E-state index contributed by atoms with van der Waals surface area (Å²) in [5.74, 6) is 3.70. The van der Waals surface area contributed by atoms with Crippen LogP contribution in [0.4, 0.5) is 8.78 Å². The SMILES string of the molecule is COc1ncc(C(Cc2cccc(F)c2F)NN)cn1. The molecule has 2 rings (SSSR count). The molecule has 0 spiro atoms. The van der Waals surface area contributed by atoms with Crippen LogP contribution in [0.25, 0.3) is 0 Å². The smallest absolute Gasteiger partial charge is 0.316 e. The van der Waals surface area contributed by atoms with Gasteiger partial charge in [-0.25, -0.2) is 18.7 Å². The average molecular weight is 280 g/mol. The number of hydrogen-bond donors (Lipinski definition) is 2.